The van der Waals surface area contributed by atoms with Crippen LogP contribution in [0.5, 0.6) is 0 Å². The van der Waals surface area contributed by atoms with Crippen LogP contribution in [0, 0.1) is 0 Å². The van der Waals surface area contributed by atoms with E-state index in [0.29, 0.717) is 6.42 Å². The van der Waals surface area contributed by atoms with Crippen LogP contribution in [0.3, 0.4) is 0 Å². The Kier molecular flexibility index (Phi) is 7.88. The smallest absolute Gasteiger partial charge is 0.227 e. The maximum absolute atomic E-state index is 12.2. The van der Waals surface area contributed by atoms with E-state index in [-0.39, 0.29) is 29.7 Å². The van der Waals surface area contributed by atoms with Crippen molar-refractivity contribution in [3.8, 4) is 0 Å². The van der Waals surface area contributed by atoms with Crippen LogP contribution in [-0.4, -0.2) is 32.0 Å². The first-order chi connectivity index (χ1) is 13.1. The molecule has 0 bridgehead atoms. The number of carbonyl (C=O) groups excluding carboxylic acids is 1. The van der Waals surface area contributed by atoms with E-state index in [0.717, 1.165) is 24.9 Å². The summed E-state index contributed by atoms with van der Waals surface area (Å²) in [7, 11) is -1.88. The summed E-state index contributed by atoms with van der Waals surface area (Å²) < 4.78 is 6.78. The van der Waals surface area contributed by atoms with Crippen molar-refractivity contribution in [3.63, 3.8) is 0 Å². The predicted octanol–water partition coefficient (Wildman–Crippen LogP) is 5.82. The fourth-order valence-corrected chi connectivity index (χ4v) is 4.85. The molecule has 158 valence electrons. The number of benzene rings is 1. The highest BCUT2D eigenvalue weighted by Crippen LogP contribution is 2.41. The third-order valence-corrected chi connectivity index (χ3v) is 10.9. The Morgan fingerprint density at radius 3 is 2.39 bits per heavy atom. The number of carbonyl (C=O) groups is 1. The highest BCUT2D eigenvalue weighted by atomic mass is 28.4. The minimum Gasteiger partial charge on any atom is -0.410 e. The summed E-state index contributed by atoms with van der Waals surface area (Å²) in [6.07, 6.45) is 5.95. The molecule has 0 spiro atoms. The van der Waals surface area contributed by atoms with Crippen LogP contribution < -0.4 is 4.90 Å². The fraction of sp³-hybridized carbons (Fsp3) is 0.696. The van der Waals surface area contributed by atoms with Gasteiger partial charge in [-0.05, 0) is 48.7 Å². The van der Waals surface area contributed by atoms with Crippen LogP contribution in [0.15, 0.2) is 24.3 Å². The second-order valence-electron chi connectivity index (χ2n) is 9.59. The molecule has 1 aromatic carbocycles. The molecule has 1 unspecified atom stereocenters. The Morgan fingerprint density at radius 1 is 1.21 bits per heavy atom. The average Bonchev–Trinajstić information content (AvgIpc) is 3.01. The van der Waals surface area contributed by atoms with Crippen LogP contribution in [0.4, 0.5) is 5.69 Å². The van der Waals surface area contributed by atoms with Gasteiger partial charge < -0.3 is 14.4 Å². The van der Waals surface area contributed by atoms with Crippen LogP contribution >= 0.6 is 0 Å². The first-order valence-electron chi connectivity index (χ1n) is 10.8. The summed E-state index contributed by atoms with van der Waals surface area (Å²) in [5, 5.41) is 9.75. The van der Waals surface area contributed by atoms with E-state index < -0.39 is 8.32 Å². The highest BCUT2D eigenvalue weighted by molar-refractivity contribution is 6.74. The third kappa shape index (κ3) is 5.46. The van der Waals surface area contributed by atoms with Gasteiger partial charge in [-0.15, -0.1) is 0 Å². The molecule has 4 nitrogen and oxygen atoms in total. The molecular weight excluding hydrogens is 366 g/mol. The van der Waals surface area contributed by atoms with Gasteiger partial charge >= 0.3 is 0 Å². The summed E-state index contributed by atoms with van der Waals surface area (Å²) >= 11 is 0. The Bertz CT molecular complexity index is 636. The summed E-state index contributed by atoms with van der Waals surface area (Å²) in [6, 6.07) is 8.16. The topological polar surface area (TPSA) is 49.8 Å². The zero-order valence-corrected chi connectivity index (χ0v) is 19.6. The second-order valence-corrected chi connectivity index (χ2v) is 14.3. The van der Waals surface area contributed by atoms with E-state index >= 15 is 0 Å². The summed E-state index contributed by atoms with van der Waals surface area (Å²) in [4.78, 5) is 14.0. The molecule has 1 saturated heterocycles. The van der Waals surface area contributed by atoms with E-state index in [2.05, 4.69) is 52.9 Å². The van der Waals surface area contributed by atoms with Crippen molar-refractivity contribution >= 4 is 19.9 Å². The summed E-state index contributed by atoms with van der Waals surface area (Å²) in [5.41, 5.74) is 2.07. The minimum absolute atomic E-state index is 0.0155. The van der Waals surface area contributed by atoms with E-state index in [1.54, 1.807) is 4.90 Å². The van der Waals surface area contributed by atoms with Crippen molar-refractivity contribution in [3.05, 3.63) is 29.8 Å². The van der Waals surface area contributed by atoms with Crippen molar-refractivity contribution in [2.45, 2.75) is 96.5 Å². The number of hydrogen-bond acceptors (Lipinski definition) is 3. The van der Waals surface area contributed by atoms with Gasteiger partial charge in [0.15, 0.2) is 8.32 Å². The number of amides is 1. The molecule has 1 amide bonds. The van der Waals surface area contributed by atoms with Gasteiger partial charge in [-0.3, -0.25) is 4.79 Å². The Labute approximate surface area is 172 Å². The van der Waals surface area contributed by atoms with Gasteiger partial charge in [0, 0.05) is 12.1 Å². The van der Waals surface area contributed by atoms with E-state index in [1.807, 2.05) is 12.1 Å². The monoisotopic (exact) mass is 405 g/mol. The molecule has 28 heavy (non-hydrogen) atoms. The van der Waals surface area contributed by atoms with E-state index in [1.165, 1.54) is 18.4 Å². The average molecular weight is 406 g/mol. The van der Waals surface area contributed by atoms with Crippen molar-refractivity contribution in [2.24, 2.45) is 0 Å². The molecule has 1 aromatic rings. The van der Waals surface area contributed by atoms with Crippen LogP contribution in [0.1, 0.15) is 77.9 Å². The Morgan fingerprint density at radius 2 is 1.86 bits per heavy atom. The van der Waals surface area contributed by atoms with E-state index in [9.17, 15) is 9.90 Å². The van der Waals surface area contributed by atoms with Crippen molar-refractivity contribution in [1.29, 1.82) is 0 Å². The minimum atomic E-state index is -1.88. The number of nitrogens with zero attached hydrogens (tertiary/aromatic N) is 1. The molecular formula is C23H39NO3Si. The molecule has 5 heteroatoms. The molecule has 1 aliphatic rings. The predicted molar refractivity (Wildman–Crippen MR) is 119 cm³/mol. The molecule has 1 fully saturated rings. The lowest BCUT2D eigenvalue weighted by atomic mass is 10.0. The molecule has 1 aliphatic heterocycles. The highest BCUT2D eigenvalue weighted by Gasteiger charge is 2.39. The molecule has 0 aliphatic carbocycles. The Balaban J connectivity index is 2.22. The first kappa shape index (κ1) is 23.1. The quantitative estimate of drug-likeness (QED) is 0.416. The summed E-state index contributed by atoms with van der Waals surface area (Å²) in [5.74, 6) is 0.101. The zero-order chi connectivity index (χ0) is 20.9. The number of anilines is 1. The number of aliphatic hydroxyl groups is 1. The maximum atomic E-state index is 12.2. The molecule has 0 aromatic heterocycles. The molecule has 1 N–H and O–H groups in total. The van der Waals surface area contributed by atoms with Gasteiger partial charge in [0.2, 0.25) is 5.91 Å². The number of rotatable bonds is 9. The first-order valence-corrected chi connectivity index (χ1v) is 13.7. The normalized spacial score (nSPS) is 19.3. The molecule has 2 rings (SSSR count). The van der Waals surface area contributed by atoms with Gasteiger partial charge in [-0.2, -0.15) is 0 Å². The van der Waals surface area contributed by atoms with Gasteiger partial charge in [-0.1, -0.05) is 59.1 Å². The SMILES string of the molecule is CCCCCC(O[Si](C)(C)C(C)(C)C)c1ccc(N2C(=O)CC[C@@H]2CO)cc1. The lowest BCUT2D eigenvalue weighted by Crippen LogP contribution is -2.41. The largest absolute Gasteiger partial charge is 0.410 e. The summed E-state index contributed by atoms with van der Waals surface area (Å²) in [6.45, 7) is 13.7. The van der Waals surface area contributed by atoms with Gasteiger partial charge in [0.05, 0.1) is 18.8 Å². The maximum Gasteiger partial charge on any atom is 0.227 e. The lowest BCUT2D eigenvalue weighted by molar-refractivity contribution is -0.117. The number of unbranched alkanes of at least 4 members (excludes halogenated alkanes) is 2. The van der Waals surface area contributed by atoms with E-state index in [4.69, 9.17) is 4.43 Å². The molecule has 0 saturated carbocycles. The standard InChI is InChI=1S/C23H39NO3Si/c1-7-8-9-10-21(27-28(5,6)23(2,3)4)18-11-13-19(14-12-18)24-20(17-25)15-16-22(24)26/h11-14,20-21,25H,7-10,15-17H2,1-6H3/t20-,21?/m1/s1. The lowest BCUT2D eigenvalue weighted by Gasteiger charge is -2.39. The van der Waals surface area contributed by atoms with Crippen LogP contribution in [-0.2, 0) is 9.22 Å². The fourth-order valence-electron chi connectivity index (χ4n) is 3.53. The second kappa shape index (κ2) is 9.55. The molecule has 0 radical (unpaired) electrons. The van der Waals surface area contributed by atoms with Gasteiger partial charge in [-0.25, -0.2) is 0 Å². The molecule has 2 atom stereocenters. The van der Waals surface area contributed by atoms with Crippen molar-refractivity contribution in [2.75, 3.05) is 11.5 Å². The molecule has 1 heterocycles. The van der Waals surface area contributed by atoms with Crippen molar-refractivity contribution < 1.29 is 14.3 Å². The number of hydrogen-bond donors (Lipinski definition) is 1. The third-order valence-electron chi connectivity index (χ3n) is 6.39. The van der Waals surface area contributed by atoms with Crippen molar-refractivity contribution in [1.82, 2.24) is 0 Å². The van der Waals surface area contributed by atoms with Crippen LogP contribution in [0.25, 0.3) is 0 Å². The zero-order valence-electron chi connectivity index (χ0n) is 18.6. The van der Waals surface area contributed by atoms with Gasteiger partial charge in [0.25, 0.3) is 0 Å². The van der Waals surface area contributed by atoms with Gasteiger partial charge in [0.1, 0.15) is 0 Å². The van der Waals surface area contributed by atoms with Crippen LogP contribution in [0.2, 0.25) is 18.1 Å². The number of aliphatic hydroxyl groups excluding tert-OH is 1. The Hall–Kier alpha value is -1.17.